The fourth-order valence-corrected chi connectivity index (χ4v) is 2.67. The molecule has 2 amide bonds. The fraction of sp³-hybridized carbons (Fsp3) is 0.312. The highest BCUT2D eigenvalue weighted by Crippen LogP contribution is 2.24. The number of hydrogen-bond donors (Lipinski definition) is 2. The number of nitrogens with one attached hydrogen (secondary N) is 2. The lowest BCUT2D eigenvalue weighted by molar-refractivity contribution is 0.252. The highest BCUT2D eigenvalue weighted by Gasteiger charge is 2.06. The van der Waals surface area contributed by atoms with E-state index in [1.165, 1.54) is 0 Å². The van der Waals surface area contributed by atoms with Crippen LogP contribution in [-0.4, -0.2) is 28.8 Å². The number of para-hydroxylation sites is 1. The minimum atomic E-state index is -0.217. The van der Waals surface area contributed by atoms with Crippen molar-refractivity contribution in [1.82, 2.24) is 15.3 Å². The molecule has 0 aliphatic heterocycles. The van der Waals surface area contributed by atoms with E-state index >= 15 is 0 Å². The summed E-state index contributed by atoms with van der Waals surface area (Å²) in [5, 5.41) is 5.69. The molecule has 2 rings (SSSR count). The van der Waals surface area contributed by atoms with E-state index in [1.54, 1.807) is 11.8 Å². The minimum absolute atomic E-state index is 0.217. The molecule has 0 unspecified atom stereocenters. The number of aryl methyl sites for hydroxylation is 2. The Hall–Kier alpha value is -2.08. The number of hydrogen-bond acceptors (Lipinski definition) is 4. The summed E-state index contributed by atoms with van der Waals surface area (Å²) in [4.78, 5) is 21.7. The topological polar surface area (TPSA) is 66.9 Å². The van der Waals surface area contributed by atoms with Crippen molar-refractivity contribution < 1.29 is 4.79 Å². The maximum Gasteiger partial charge on any atom is 0.319 e. The van der Waals surface area contributed by atoms with Crippen LogP contribution in [0.15, 0.2) is 35.2 Å². The number of benzene rings is 1. The third kappa shape index (κ3) is 4.73. The number of nitrogens with zero attached hydrogens (tertiary/aromatic N) is 2. The molecule has 1 aromatic heterocycles. The Morgan fingerprint density at radius 1 is 1.18 bits per heavy atom. The van der Waals surface area contributed by atoms with Gasteiger partial charge in [-0.05, 0) is 38.3 Å². The summed E-state index contributed by atoms with van der Waals surface area (Å²) < 4.78 is 0. The van der Waals surface area contributed by atoms with Crippen molar-refractivity contribution in [2.24, 2.45) is 0 Å². The van der Waals surface area contributed by atoms with Crippen LogP contribution in [0.4, 0.5) is 10.5 Å². The number of thioether (sulfide) groups is 1. The first-order chi connectivity index (χ1) is 10.6. The summed E-state index contributed by atoms with van der Waals surface area (Å²) in [7, 11) is 0. The number of urea groups is 1. The van der Waals surface area contributed by atoms with E-state index in [0.717, 1.165) is 27.8 Å². The lowest BCUT2D eigenvalue weighted by Crippen LogP contribution is -2.31. The lowest BCUT2D eigenvalue weighted by atomic mass is 10.3. The van der Waals surface area contributed by atoms with Crippen LogP contribution >= 0.6 is 11.8 Å². The molecule has 0 fully saturated rings. The van der Waals surface area contributed by atoms with Gasteiger partial charge in [0.25, 0.3) is 0 Å². The van der Waals surface area contributed by atoms with E-state index in [4.69, 9.17) is 0 Å². The summed E-state index contributed by atoms with van der Waals surface area (Å²) in [6.45, 7) is 4.38. The van der Waals surface area contributed by atoms with Crippen LogP contribution in [-0.2, 0) is 6.42 Å². The first-order valence-corrected chi connectivity index (χ1v) is 8.30. The Bertz CT molecular complexity index is 640. The maximum absolute atomic E-state index is 11.9. The van der Waals surface area contributed by atoms with Crippen LogP contribution < -0.4 is 10.6 Å². The zero-order valence-electron chi connectivity index (χ0n) is 13.0. The van der Waals surface area contributed by atoms with Gasteiger partial charge >= 0.3 is 6.03 Å². The molecule has 0 saturated carbocycles. The molecule has 0 radical (unpaired) electrons. The molecule has 1 aromatic carbocycles. The van der Waals surface area contributed by atoms with Gasteiger partial charge in [-0.3, -0.25) is 0 Å². The molecule has 5 nitrogen and oxygen atoms in total. The molecule has 0 bridgehead atoms. The minimum Gasteiger partial charge on any atom is -0.337 e. The second kappa shape index (κ2) is 7.79. The Morgan fingerprint density at radius 3 is 2.55 bits per heavy atom. The highest BCUT2D eigenvalue weighted by molar-refractivity contribution is 7.98. The van der Waals surface area contributed by atoms with Crippen molar-refractivity contribution in [3.8, 4) is 0 Å². The number of amides is 2. The molecular formula is C16H20N4OS. The summed E-state index contributed by atoms with van der Waals surface area (Å²) >= 11 is 1.60. The molecule has 22 heavy (non-hydrogen) atoms. The van der Waals surface area contributed by atoms with Gasteiger partial charge in [0.1, 0.15) is 5.82 Å². The standard InChI is InChI=1S/C16H20N4OS/c1-11-10-12(2)19-15(18-11)8-9-17-16(21)20-13-6-4-5-7-14(13)22-3/h4-7,10H,8-9H2,1-3H3,(H2,17,20,21). The van der Waals surface area contributed by atoms with Gasteiger partial charge in [0.05, 0.1) is 5.69 Å². The van der Waals surface area contributed by atoms with Gasteiger partial charge < -0.3 is 10.6 Å². The van der Waals surface area contributed by atoms with Crippen molar-refractivity contribution in [2.45, 2.75) is 25.2 Å². The Kier molecular flexibility index (Phi) is 5.77. The third-order valence-corrected chi connectivity index (χ3v) is 3.81. The summed E-state index contributed by atoms with van der Waals surface area (Å²) in [5.74, 6) is 0.752. The van der Waals surface area contributed by atoms with Gasteiger partial charge in [-0.15, -0.1) is 11.8 Å². The summed E-state index contributed by atoms with van der Waals surface area (Å²) in [5.41, 5.74) is 2.71. The number of carbonyl (C=O) groups excluding carboxylic acids is 1. The average Bonchev–Trinajstić information content (AvgIpc) is 2.46. The maximum atomic E-state index is 11.9. The lowest BCUT2D eigenvalue weighted by Gasteiger charge is -2.10. The van der Waals surface area contributed by atoms with Gasteiger partial charge in [-0.25, -0.2) is 14.8 Å². The molecule has 0 aliphatic rings. The third-order valence-electron chi connectivity index (χ3n) is 3.02. The van der Waals surface area contributed by atoms with Crippen LogP contribution in [0.1, 0.15) is 17.2 Å². The quantitative estimate of drug-likeness (QED) is 0.831. The normalized spacial score (nSPS) is 10.3. The zero-order chi connectivity index (χ0) is 15.9. The number of carbonyl (C=O) groups is 1. The van der Waals surface area contributed by atoms with Crippen LogP contribution in [0.2, 0.25) is 0 Å². The largest absolute Gasteiger partial charge is 0.337 e. The van der Waals surface area contributed by atoms with E-state index < -0.39 is 0 Å². The smallest absolute Gasteiger partial charge is 0.319 e. The van der Waals surface area contributed by atoms with E-state index in [-0.39, 0.29) is 6.03 Å². The molecule has 0 atom stereocenters. The first kappa shape index (κ1) is 16.3. The fourth-order valence-electron chi connectivity index (χ4n) is 2.11. The Labute approximate surface area is 135 Å². The SMILES string of the molecule is CSc1ccccc1NC(=O)NCCc1nc(C)cc(C)n1. The highest BCUT2D eigenvalue weighted by atomic mass is 32.2. The molecule has 0 saturated heterocycles. The molecule has 1 heterocycles. The zero-order valence-corrected chi connectivity index (χ0v) is 13.8. The molecule has 116 valence electrons. The van der Waals surface area contributed by atoms with Gasteiger partial charge in [0, 0.05) is 29.2 Å². The Morgan fingerprint density at radius 2 is 1.86 bits per heavy atom. The summed E-state index contributed by atoms with van der Waals surface area (Å²) in [6, 6.07) is 9.43. The van der Waals surface area contributed by atoms with Crippen LogP contribution in [0.5, 0.6) is 0 Å². The average molecular weight is 316 g/mol. The van der Waals surface area contributed by atoms with Crippen molar-refractivity contribution in [1.29, 1.82) is 0 Å². The monoisotopic (exact) mass is 316 g/mol. The van der Waals surface area contributed by atoms with Crippen molar-refractivity contribution in [2.75, 3.05) is 18.1 Å². The van der Waals surface area contributed by atoms with Crippen molar-refractivity contribution in [3.63, 3.8) is 0 Å². The molecule has 0 aliphatic carbocycles. The van der Waals surface area contributed by atoms with Gasteiger partial charge in [0.15, 0.2) is 0 Å². The van der Waals surface area contributed by atoms with Crippen LogP contribution in [0, 0.1) is 13.8 Å². The predicted octanol–water partition coefficient (Wildman–Crippen LogP) is 3.18. The Balaban J connectivity index is 1.85. The van der Waals surface area contributed by atoms with Gasteiger partial charge in [-0.2, -0.15) is 0 Å². The molecule has 2 N–H and O–H groups in total. The predicted molar refractivity (Wildman–Crippen MR) is 90.5 cm³/mol. The second-order valence-electron chi connectivity index (χ2n) is 4.90. The molecule has 2 aromatic rings. The van der Waals surface area contributed by atoms with E-state index in [1.807, 2.05) is 50.4 Å². The second-order valence-corrected chi connectivity index (χ2v) is 5.75. The van der Waals surface area contributed by atoms with E-state index in [0.29, 0.717) is 13.0 Å². The van der Waals surface area contributed by atoms with Crippen LogP contribution in [0.3, 0.4) is 0 Å². The van der Waals surface area contributed by atoms with Crippen molar-refractivity contribution >= 4 is 23.5 Å². The van der Waals surface area contributed by atoms with Gasteiger partial charge in [0.2, 0.25) is 0 Å². The number of rotatable bonds is 5. The van der Waals surface area contributed by atoms with Crippen molar-refractivity contribution in [3.05, 3.63) is 47.5 Å². The number of aromatic nitrogens is 2. The van der Waals surface area contributed by atoms with E-state index in [2.05, 4.69) is 20.6 Å². The first-order valence-electron chi connectivity index (χ1n) is 7.07. The number of anilines is 1. The molecule has 0 spiro atoms. The summed E-state index contributed by atoms with van der Waals surface area (Å²) in [6.07, 6.45) is 2.59. The molecular weight excluding hydrogens is 296 g/mol. The van der Waals surface area contributed by atoms with Crippen LogP contribution in [0.25, 0.3) is 0 Å². The van der Waals surface area contributed by atoms with Gasteiger partial charge in [-0.1, -0.05) is 12.1 Å². The van der Waals surface area contributed by atoms with E-state index in [9.17, 15) is 4.79 Å². The molecule has 6 heteroatoms.